The molecule has 410 valence electrons. The van der Waals surface area contributed by atoms with Gasteiger partial charge in [0.25, 0.3) is 0 Å². The van der Waals surface area contributed by atoms with Crippen molar-refractivity contribution in [1.29, 1.82) is 0 Å². The van der Waals surface area contributed by atoms with Crippen LogP contribution in [0.4, 0.5) is 0 Å². The molecular weight excluding hydrogens is 877 g/mol. The van der Waals surface area contributed by atoms with Crippen molar-refractivity contribution < 1.29 is 28.6 Å². The van der Waals surface area contributed by atoms with E-state index in [1.807, 2.05) is 0 Å². The van der Waals surface area contributed by atoms with Gasteiger partial charge in [-0.3, -0.25) is 14.4 Å². The molecule has 0 aliphatic carbocycles. The van der Waals surface area contributed by atoms with Crippen LogP contribution in [0.2, 0.25) is 0 Å². The van der Waals surface area contributed by atoms with Crippen molar-refractivity contribution in [2.75, 3.05) is 13.2 Å². The molecule has 1 atom stereocenters. The number of carbonyl (C=O) groups is 3. The lowest BCUT2D eigenvalue weighted by molar-refractivity contribution is -0.167. The molecule has 0 unspecified atom stereocenters. The van der Waals surface area contributed by atoms with E-state index in [0.29, 0.717) is 19.3 Å². The molecule has 6 heteroatoms. The highest BCUT2D eigenvalue weighted by Gasteiger charge is 2.19. The van der Waals surface area contributed by atoms with Crippen LogP contribution in [0.5, 0.6) is 0 Å². The van der Waals surface area contributed by atoms with Crippen LogP contribution in [0.3, 0.4) is 0 Å². The fourth-order valence-electron chi connectivity index (χ4n) is 8.60. The van der Waals surface area contributed by atoms with Gasteiger partial charge in [0.1, 0.15) is 13.2 Å². The van der Waals surface area contributed by atoms with Crippen LogP contribution in [-0.2, 0) is 28.6 Å². The van der Waals surface area contributed by atoms with Gasteiger partial charge >= 0.3 is 17.9 Å². The summed E-state index contributed by atoms with van der Waals surface area (Å²) in [5, 5.41) is 0. The van der Waals surface area contributed by atoms with Crippen LogP contribution in [0.25, 0.3) is 0 Å². The van der Waals surface area contributed by atoms with Crippen molar-refractivity contribution in [3.8, 4) is 0 Å². The topological polar surface area (TPSA) is 78.9 Å². The number of hydrogen-bond acceptors (Lipinski definition) is 6. The van der Waals surface area contributed by atoms with Crippen LogP contribution in [0, 0.1) is 0 Å². The van der Waals surface area contributed by atoms with Gasteiger partial charge in [-0.2, -0.15) is 0 Å². The molecule has 0 amide bonds. The SMILES string of the molecule is CC/C=C\C/C=C\C/C=C\C/C=C\CCCCCCC(=O)O[C@@H](COC(=O)CCCCCCCCC/C=C\CCCCCCCC)COC(=O)CCCCCCCCCCC/C=C\CCCCCCCC. The second kappa shape index (κ2) is 59.4. The van der Waals surface area contributed by atoms with E-state index in [1.54, 1.807) is 0 Å². The molecule has 0 radical (unpaired) electrons. The molecule has 0 fully saturated rings. The maximum atomic E-state index is 12.9. The number of esters is 3. The molecule has 0 aliphatic rings. The largest absolute Gasteiger partial charge is 0.462 e. The van der Waals surface area contributed by atoms with Crippen LogP contribution in [-0.4, -0.2) is 37.2 Å². The van der Waals surface area contributed by atoms with Gasteiger partial charge in [-0.25, -0.2) is 0 Å². The van der Waals surface area contributed by atoms with Gasteiger partial charge in [-0.15, -0.1) is 0 Å². The third-order valence-electron chi connectivity index (χ3n) is 13.2. The Hall–Kier alpha value is -3.15. The van der Waals surface area contributed by atoms with E-state index in [4.69, 9.17) is 14.2 Å². The third-order valence-corrected chi connectivity index (χ3v) is 13.2. The summed E-state index contributed by atoms with van der Waals surface area (Å²) < 4.78 is 16.9. The summed E-state index contributed by atoms with van der Waals surface area (Å²) in [6.45, 7) is 6.52. The first-order valence-corrected chi connectivity index (χ1v) is 30.4. The number of allylic oxidation sites excluding steroid dienone is 12. The highest BCUT2D eigenvalue weighted by atomic mass is 16.6. The van der Waals surface area contributed by atoms with Gasteiger partial charge in [0.15, 0.2) is 6.10 Å². The molecule has 0 rings (SSSR count). The van der Waals surface area contributed by atoms with Gasteiger partial charge in [-0.1, -0.05) is 248 Å². The first-order chi connectivity index (χ1) is 35.0. The van der Waals surface area contributed by atoms with E-state index in [1.165, 1.54) is 167 Å². The summed E-state index contributed by atoms with van der Waals surface area (Å²) in [6, 6.07) is 0. The summed E-state index contributed by atoms with van der Waals surface area (Å²) in [5.74, 6) is -0.905. The Labute approximate surface area is 440 Å². The molecule has 6 nitrogen and oxygen atoms in total. The zero-order chi connectivity index (χ0) is 51.4. The number of ether oxygens (including phenoxy) is 3. The second-order valence-electron chi connectivity index (χ2n) is 20.2. The van der Waals surface area contributed by atoms with E-state index < -0.39 is 6.10 Å². The minimum Gasteiger partial charge on any atom is -0.462 e. The van der Waals surface area contributed by atoms with Crippen LogP contribution in [0.1, 0.15) is 303 Å². The van der Waals surface area contributed by atoms with E-state index in [0.717, 1.165) is 96.3 Å². The van der Waals surface area contributed by atoms with Crippen LogP contribution >= 0.6 is 0 Å². The number of hydrogen-bond donors (Lipinski definition) is 0. The molecule has 0 saturated carbocycles. The van der Waals surface area contributed by atoms with E-state index >= 15 is 0 Å². The Kier molecular flexibility index (Phi) is 56.8. The van der Waals surface area contributed by atoms with Crippen molar-refractivity contribution in [3.63, 3.8) is 0 Å². The minimum absolute atomic E-state index is 0.0868. The van der Waals surface area contributed by atoms with Gasteiger partial charge in [0.05, 0.1) is 0 Å². The Balaban J connectivity index is 4.41. The minimum atomic E-state index is -0.792. The van der Waals surface area contributed by atoms with Crippen molar-refractivity contribution in [2.45, 2.75) is 309 Å². The van der Waals surface area contributed by atoms with Crippen molar-refractivity contribution in [2.24, 2.45) is 0 Å². The zero-order valence-electron chi connectivity index (χ0n) is 47.0. The average molecular weight is 992 g/mol. The summed E-state index contributed by atoms with van der Waals surface area (Å²) in [4.78, 5) is 38.3. The van der Waals surface area contributed by atoms with Gasteiger partial charge in [0.2, 0.25) is 0 Å². The smallest absolute Gasteiger partial charge is 0.306 e. The maximum absolute atomic E-state index is 12.9. The molecule has 0 aromatic heterocycles. The predicted octanol–water partition coefficient (Wildman–Crippen LogP) is 20.5. The van der Waals surface area contributed by atoms with Gasteiger partial charge in [-0.05, 0) is 109 Å². The molecule has 0 aromatic rings. The quantitative estimate of drug-likeness (QED) is 0.0261. The molecule has 0 spiro atoms. The monoisotopic (exact) mass is 991 g/mol. The Bertz CT molecular complexity index is 1320. The van der Waals surface area contributed by atoms with E-state index in [2.05, 4.69) is 93.7 Å². The fraction of sp³-hybridized carbons (Fsp3) is 0.769. The molecular formula is C65H114O6. The number of rotatable bonds is 55. The number of unbranched alkanes of at least 4 members (excludes halogenated alkanes) is 32. The Morgan fingerprint density at radius 3 is 0.873 bits per heavy atom. The average Bonchev–Trinajstić information content (AvgIpc) is 3.37. The van der Waals surface area contributed by atoms with E-state index in [-0.39, 0.29) is 31.1 Å². The van der Waals surface area contributed by atoms with E-state index in [9.17, 15) is 14.4 Å². The molecule has 0 aliphatic heterocycles. The highest BCUT2D eigenvalue weighted by molar-refractivity contribution is 5.71. The Morgan fingerprint density at radius 2 is 0.549 bits per heavy atom. The molecule has 0 heterocycles. The summed E-state index contributed by atoms with van der Waals surface area (Å²) >= 11 is 0. The summed E-state index contributed by atoms with van der Waals surface area (Å²) in [5.41, 5.74) is 0. The molecule has 0 saturated heterocycles. The van der Waals surface area contributed by atoms with Gasteiger partial charge in [0, 0.05) is 19.3 Å². The normalized spacial score (nSPS) is 12.5. The van der Waals surface area contributed by atoms with Crippen LogP contribution < -0.4 is 0 Å². The summed E-state index contributed by atoms with van der Waals surface area (Å²) in [7, 11) is 0. The second-order valence-corrected chi connectivity index (χ2v) is 20.2. The van der Waals surface area contributed by atoms with Gasteiger partial charge < -0.3 is 14.2 Å². The van der Waals surface area contributed by atoms with Crippen molar-refractivity contribution >= 4 is 17.9 Å². The standard InChI is InChI=1S/C65H114O6/c1-4-7-10-13-16-19-22-25-28-31-32-35-37-40-43-46-49-52-55-58-64(67)70-61-62(71-65(68)59-56-53-50-47-44-41-38-34-30-27-24-21-18-15-12-9-6-3)60-69-63(66)57-54-51-48-45-42-39-36-33-29-26-23-20-17-14-11-8-5-2/h9,12,18,21,25-30,38,41,62H,4-8,10-11,13-17,19-20,22-24,31-37,39-40,42-61H2,1-3H3/b12-9-,21-18-,28-25-,29-26-,30-27-,41-38-/t62-/m0/s1. The fourth-order valence-corrected chi connectivity index (χ4v) is 8.60. The zero-order valence-corrected chi connectivity index (χ0v) is 47.0. The van der Waals surface area contributed by atoms with Crippen LogP contribution in [0.15, 0.2) is 72.9 Å². The first kappa shape index (κ1) is 67.8. The van der Waals surface area contributed by atoms with Crippen molar-refractivity contribution in [1.82, 2.24) is 0 Å². The highest BCUT2D eigenvalue weighted by Crippen LogP contribution is 2.16. The Morgan fingerprint density at radius 1 is 0.296 bits per heavy atom. The molecule has 0 N–H and O–H groups in total. The number of carbonyl (C=O) groups excluding carboxylic acids is 3. The lowest BCUT2D eigenvalue weighted by Gasteiger charge is -2.18. The molecule has 0 aromatic carbocycles. The lowest BCUT2D eigenvalue weighted by atomic mass is 10.1. The molecule has 71 heavy (non-hydrogen) atoms. The molecule has 0 bridgehead atoms. The predicted molar refractivity (Wildman–Crippen MR) is 307 cm³/mol. The maximum Gasteiger partial charge on any atom is 0.306 e. The first-order valence-electron chi connectivity index (χ1n) is 30.4. The third kappa shape index (κ3) is 57.6. The van der Waals surface area contributed by atoms with Crippen molar-refractivity contribution in [3.05, 3.63) is 72.9 Å². The lowest BCUT2D eigenvalue weighted by Crippen LogP contribution is -2.30. The summed E-state index contributed by atoms with van der Waals surface area (Å²) in [6.07, 6.45) is 76.1.